The van der Waals surface area contributed by atoms with E-state index >= 15 is 0 Å². The summed E-state index contributed by atoms with van der Waals surface area (Å²) in [5.41, 5.74) is 7.20. The topological polar surface area (TPSA) is 38.5 Å². The van der Waals surface area contributed by atoms with Crippen molar-refractivity contribution < 1.29 is 4.74 Å². The van der Waals surface area contributed by atoms with Crippen molar-refractivity contribution in [2.75, 3.05) is 19.7 Å². The van der Waals surface area contributed by atoms with Crippen molar-refractivity contribution in [2.45, 2.75) is 31.0 Å². The van der Waals surface area contributed by atoms with Crippen LogP contribution >= 0.6 is 15.9 Å². The van der Waals surface area contributed by atoms with E-state index < -0.39 is 0 Å². The van der Waals surface area contributed by atoms with Crippen LogP contribution in [0.1, 0.15) is 24.4 Å². The molecule has 1 saturated carbocycles. The highest BCUT2D eigenvalue weighted by molar-refractivity contribution is 9.10. The molecule has 3 rings (SSSR count). The van der Waals surface area contributed by atoms with Gasteiger partial charge >= 0.3 is 0 Å². The zero-order valence-electron chi connectivity index (χ0n) is 10.4. The van der Waals surface area contributed by atoms with Crippen LogP contribution in [0.25, 0.3) is 0 Å². The van der Waals surface area contributed by atoms with Gasteiger partial charge in [-0.25, -0.2) is 0 Å². The van der Waals surface area contributed by atoms with Crippen molar-refractivity contribution in [3.8, 4) is 0 Å². The van der Waals surface area contributed by atoms with Crippen LogP contribution in [0.4, 0.5) is 0 Å². The third-order valence-electron chi connectivity index (χ3n) is 3.86. The Hall–Kier alpha value is -0.420. The molecule has 98 valence electrons. The molecule has 1 aromatic rings. The lowest BCUT2D eigenvalue weighted by atomic mass is 9.97. The van der Waals surface area contributed by atoms with Crippen molar-refractivity contribution >= 4 is 15.9 Å². The van der Waals surface area contributed by atoms with Gasteiger partial charge in [-0.3, -0.25) is 4.90 Å². The smallest absolute Gasteiger partial charge is 0.0894 e. The van der Waals surface area contributed by atoms with Crippen LogP contribution in [0.2, 0.25) is 0 Å². The summed E-state index contributed by atoms with van der Waals surface area (Å²) >= 11 is 3.66. The molecule has 2 N–H and O–H groups in total. The van der Waals surface area contributed by atoms with Gasteiger partial charge in [-0.2, -0.15) is 0 Å². The van der Waals surface area contributed by atoms with Crippen LogP contribution in [-0.2, 0) is 4.74 Å². The molecule has 0 spiro atoms. The average Bonchev–Trinajstić information content (AvgIpc) is 3.23. The summed E-state index contributed by atoms with van der Waals surface area (Å²) in [5.74, 6) is 0. The summed E-state index contributed by atoms with van der Waals surface area (Å²) in [7, 11) is 0. The molecule has 18 heavy (non-hydrogen) atoms. The molecule has 2 atom stereocenters. The van der Waals surface area contributed by atoms with Gasteiger partial charge in [0.25, 0.3) is 0 Å². The number of ether oxygens (including phenoxy) is 1. The molecule has 0 aromatic heterocycles. The zero-order valence-corrected chi connectivity index (χ0v) is 12.0. The molecule has 0 bridgehead atoms. The van der Waals surface area contributed by atoms with Gasteiger partial charge in [-0.05, 0) is 24.5 Å². The SMILES string of the molecule is NCC1OCCN(C2CC2)C1c1ccccc1Br. The lowest BCUT2D eigenvalue weighted by Crippen LogP contribution is -2.49. The normalized spacial score (nSPS) is 29.4. The minimum Gasteiger partial charge on any atom is -0.374 e. The summed E-state index contributed by atoms with van der Waals surface area (Å²) in [6, 6.07) is 9.46. The van der Waals surface area contributed by atoms with Crippen molar-refractivity contribution in [1.29, 1.82) is 0 Å². The van der Waals surface area contributed by atoms with Gasteiger partial charge in [0, 0.05) is 23.6 Å². The molecule has 3 nitrogen and oxygen atoms in total. The highest BCUT2D eigenvalue weighted by Crippen LogP contribution is 2.40. The lowest BCUT2D eigenvalue weighted by Gasteiger charge is -2.41. The van der Waals surface area contributed by atoms with Crippen LogP contribution in [0, 0.1) is 0 Å². The summed E-state index contributed by atoms with van der Waals surface area (Å²) in [4.78, 5) is 2.58. The Morgan fingerprint density at radius 2 is 2.11 bits per heavy atom. The molecular weight excluding hydrogens is 292 g/mol. The molecule has 1 aliphatic heterocycles. The molecule has 0 radical (unpaired) electrons. The Bertz CT molecular complexity index is 422. The number of halogens is 1. The van der Waals surface area contributed by atoms with E-state index in [0.29, 0.717) is 12.6 Å². The lowest BCUT2D eigenvalue weighted by molar-refractivity contribution is -0.0714. The summed E-state index contributed by atoms with van der Waals surface area (Å²) in [5, 5.41) is 0. The van der Waals surface area contributed by atoms with Crippen LogP contribution in [-0.4, -0.2) is 36.7 Å². The predicted octanol–water partition coefficient (Wildman–Crippen LogP) is 2.31. The second kappa shape index (κ2) is 5.29. The highest BCUT2D eigenvalue weighted by Gasteiger charge is 2.41. The standard InChI is InChI=1S/C14H19BrN2O/c15-12-4-2-1-3-11(12)14-13(9-16)18-8-7-17(14)10-5-6-10/h1-4,10,13-14H,5-9,16H2. The van der Waals surface area contributed by atoms with E-state index in [9.17, 15) is 0 Å². The molecule has 1 aromatic carbocycles. The van der Waals surface area contributed by atoms with Crippen molar-refractivity contribution in [1.82, 2.24) is 4.90 Å². The minimum atomic E-state index is 0.109. The molecule has 1 aliphatic carbocycles. The first-order valence-electron chi connectivity index (χ1n) is 6.63. The molecule has 2 unspecified atom stereocenters. The third-order valence-corrected chi connectivity index (χ3v) is 4.59. The van der Waals surface area contributed by atoms with Crippen LogP contribution in [0.3, 0.4) is 0 Å². The predicted molar refractivity (Wildman–Crippen MR) is 75.4 cm³/mol. The molecule has 1 heterocycles. The number of benzene rings is 1. The number of hydrogen-bond donors (Lipinski definition) is 1. The fraction of sp³-hybridized carbons (Fsp3) is 0.571. The molecular formula is C14H19BrN2O. The Morgan fingerprint density at radius 1 is 1.33 bits per heavy atom. The molecule has 1 saturated heterocycles. The zero-order chi connectivity index (χ0) is 12.5. The average molecular weight is 311 g/mol. The Kier molecular flexibility index (Phi) is 3.71. The third kappa shape index (κ3) is 2.35. The fourth-order valence-electron chi connectivity index (χ4n) is 2.86. The quantitative estimate of drug-likeness (QED) is 0.931. The Labute approximate surface area is 116 Å². The summed E-state index contributed by atoms with van der Waals surface area (Å²) < 4.78 is 7.03. The van der Waals surface area contributed by atoms with E-state index in [4.69, 9.17) is 10.5 Å². The van der Waals surface area contributed by atoms with Crippen molar-refractivity contribution in [2.24, 2.45) is 5.73 Å². The van der Waals surface area contributed by atoms with Gasteiger partial charge in [-0.1, -0.05) is 34.1 Å². The number of nitrogens with two attached hydrogens (primary N) is 1. The number of hydrogen-bond acceptors (Lipinski definition) is 3. The van der Waals surface area contributed by atoms with Crippen molar-refractivity contribution in [3.63, 3.8) is 0 Å². The maximum Gasteiger partial charge on any atom is 0.0894 e. The largest absolute Gasteiger partial charge is 0.374 e. The van der Waals surface area contributed by atoms with E-state index in [1.807, 2.05) is 0 Å². The Balaban J connectivity index is 1.94. The number of nitrogens with zero attached hydrogens (tertiary/aromatic N) is 1. The number of morpholine rings is 1. The van der Waals surface area contributed by atoms with Gasteiger partial charge in [0.1, 0.15) is 0 Å². The molecule has 2 fully saturated rings. The van der Waals surface area contributed by atoms with E-state index in [2.05, 4.69) is 45.1 Å². The van der Waals surface area contributed by atoms with Gasteiger partial charge in [0.2, 0.25) is 0 Å². The second-order valence-electron chi connectivity index (χ2n) is 5.08. The molecule has 0 amide bonds. The molecule has 2 aliphatic rings. The Morgan fingerprint density at radius 3 is 2.78 bits per heavy atom. The van der Waals surface area contributed by atoms with Crippen molar-refractivity contribution in [3.05, 3.63) is 34.3 Å². The van der Waals surface area contributed by atoms with Gasteiger partial charge in [0.05, 0.1) is 18.8 Å². The van der Waals surface area contributed by atoms with Crippen LogP contribution in [0.5, 0.6) is 0 Å². The highest BCUT2D eigenvalue weighted by atomic mass is 79.9. The van der Waals surface area contributed by atoms with Gasteiger partial charge < -0.3 is 10.5 Å². The van der Waals surface area contributed by atoms with E-state index in [1.54, 1.807) is 0 Å². The first kappa shape index (κ1) is 12.6. The van der Waals surface area contributed by atoms with Gasteiger partial charge in [-0.15, -0.1) is 0 Å². The van der Waals surface area contributed by atoms with Gasteiger partial charge in [0.15, 0.2) is 0 Å². The first-order chi connectivity index (χ1) is 8.81. The maximum atomic E-state index is 5.90. The monoisotopic (exact) mass is 310 g/mol. The van der Waals surface area contributed by atoms with Crippen LogP contribution < -0.4 is 5.73 Å². The minimum absolute atomic E-state index is 0.109. The maximum absolute atomic E-state index is 5.90. The fourth-order valence-corrected chi connectivity index (χ4v) is 3.38. The van der Waals surface area contributed by atoms with Crippen LogP contribution in [0.15, 0.2) is 28.7 Å². The number of rotatable bonds is 3. The summed E-state index contributed by atoms with van der Waals surface area (Å²) in [6.07, 6.45) is 2.74. The first-order valence-corrected chi connectivity index (χ1v) is 7.42. The second-order valence-corrected chi connectivity index (χ2v) is 5.93. The summed E-state index contributed by atoms with van der Waals surface area (Å²) in [6.45, 7) is 2.40. The van der Waals surface area contributed by atoms with E-state index in [0.717, 1.165) is 23.7 Å². The molecule has 4 heteroatoms. The van der Waals surface area contributed by atoms with E-state index in [-0.39, 0.29) is 6.10 Å². The van der Waals surface area contributed by atoms with E-state index in [1.165, 1.54) is 18.4 Å².